The molecule has 0 radical (unpaired) electrons. The Morgan fingerprint density at radius 1 is 1.35 bits per heavy atom. The number of carboxylic acid groups (broad SMARTS) is 1. The Kier molecular flexibility index (Phi) is 5.95. The van der Waals surface area contributed by atoms with Gasteiger partial charge in [0.25, 0.3) is 0 Å². The van der Waals surface area contributed by atoms with Gasteiger partial charge in [-0.2, -0.15) is 0 Å². The number of allylic oxidation sites excluding steroid dienone is 2. The van der Waals surface area contributed by atoms with E-state index in [0.29, 0.717) is 36.9 Å². The maximum atomic E-state index is 11.5. The fraction of sp³-hybridized carbons (Fsp3) is 0.714. The second kappa shape index (κ2) is 7.25. The lowest BCUT2D eigenvalue weighted by Crippen LogP contribution is -2.08. The quantitative estimate of drug-likeness (QED) is 0.693. The van der Waals surface area contributed by atoms with Gasteiger partial charge in [-0.05, 0) is 37.5 Å². The predicted molar refractivity (Wildman–Crippen MR) is 66.8 cm³/mol. The molecule has 0 heterocycles. The van der Waals surface area contributed by atoms with Gasteiger partial charge >= 0.3 is 5.97 Å². The van der Waals surface area contributed by atoms with Crippen LogP contribution < -0.4 is 0 Å². The average Bonchev–Trinajstić information content (AvgIpc) is 2.59. The highest BCUT2D eigenvalue weighted by atomic mass is 16.4. The first kappa shape index (κ1) is 13.9. The van der Waals surface area contributed by atoms with Crippen LogP contribution in [0.2, 0.25) is 0 Å². The van der Waals surface area contributed by atoms with E-state index in [2.05, 4.69) is 19.1 Å². The van der Waals surface area contributed by atoms with Crippen LogP contribution in [0.3, 0.4) is 0 Å². The van der Waals surface area contributed by atoms with E-state index in [1.807, 2.05) is 0 Å². The Morgan fingerprint density at radius 2 is 2.06 bits per heavy atom. The van der Waals surface area contributed by atoms with E-state index >= 15 is 0 Å². The molecule has 0 amide bonds. The van der Waals surface area contributed by atoms with Gasteiger partial charge in [0.15, 0.2) is 0 Å². The standard InChI is InChI=1S/C14H22O3/c1-2-3-4-6-11-9-13(15)10-12(11)7-5-8-14(16)17/h3-4,11-12H,2,5-10H2,1H3,(H,16,17)/b4-3-. The van der Waals surface area contributed by atoms with Crippen molar-refractivity contribution >= 4 is 11.8 Å². The lowest BCUT2D eigenvalue weighted by molar-refractivity contribution is -0.137. The second-order valence-electron chi connectivity index (χ2n) is 4.87. The van der Waals surface area contributed by atoms with E-state index < -0.39 is 5.97 Å². The van der Waals surface area contributed by atoms with Crippen molar-refractivity contribution < 1.29 is 14.7 Å². The fourth-order valence-electron chi connectivity index (χ4n) is 2.57. The van der Waals surface area contributed by atoms with Gasteiger partial charge in [-0.1, -0.05) is 19.1 Å². The topological polar surface area (TPSA) is 54.4 Å². The summed E-state index contributed by atoms with van der Waals surface area (Å²) in [5, 5.41) is 8.60. The number of rotatable bonds is 7. The van der Waals surface area contributed by atoms with Crippen LogP contribution in [0.5, 0.6) is 0 Å². The lowest BCUT2D eigenvalue weighted by Gasteiger charge is -2.16. The summed E-state index contributed by atoms with van der Waals surface area (Å²) in [5.41, 5.74) is 0. The molecule has 1 fully saturated rings. The van der Waals surface area contributed by atoms with Crippen molar-refractivity contribution in [2.75, 3.05) is 0 Å². The molecule has 1 aliphatic rings. The van der Waals surface area contributed by atoms with Crippen molar-refractivity contribution in [1.82, 2.24) is 0 Å². The van der Waals surface area contributed by atoms with Crippen molar-refractivity contribution in [3.8, 4) is 0 Å². The number of carboxylic acids is 1. The van der Waals surface area contributed by atoms with Gasteiger partial charge in [0, 0.05) is 19.3 Å². The Bertz CT molecular complexity index is 294. The molecule has 2 unspecified atom stereocenters. The molecule has 1 N–H and O–H groups in total. The summed E-state index contributed by atoms with van der Waals surface area (Å²) in [6, 6.07) is 0. The van der Waals surface area contributed by atoms with Crippen molar-refractivity contribution in [1.29, 1.82) is 0 Å². The van der Waals surface area contributed by atoms with Gasteiger partial charge in [0.2, 0.25) is 0 Å². The molecule has 1 aliphatic carbocycles. The van der Waals surface area contributed by atoms with E-state index in [4.69, 9.17) is 5.11 Å². The normalized spacial score (nSPS) is 24.6. The van der Waals surface area contributed by atoms with E-state index in [9.17, 15) is 9.59 Å². The zero-order valence-corrected chi connectivity index (χ0v) is 10.5. The Morgan fingerprint density at radius 3 is 2.71 bits per heavy atom. The first-order valence-corrected chi connectivity index (χ1v) is 6.52. The molecule has 0 saturated heterocycles. The van der Waals surface area contributed by atoms with Crippen LogP contribution in [-0.4, -0.2) is 16.9 Å². The zero-order valence-electron chi connectivity index (χ0n) is 10.5. The molecule has 0 spiro atoms. The molecule has 1 saturated carbocycles. The highest BCUT2D eigenvalue weighted by Crippen LogP contribution is 2.35. The first-order chi connectivity index (χ1) is 8.13. The molecule has 0 aromatic carbocycles. The molecule has 3 heteroatoms. The third-order valence-electron chi connectivity index (χ3n) is 3.45. The lowest BCUT2D eigenvalue weighted by atomic mass is 9.88. The Hall–Kier alpha value is -1.12. The largest absolute Gasteiger partial charge is 0.481 e. The van der Waals surface area contributed by atoms with Crippen LogP contribution in [-0.2, 0) is 9.59 Å². The molecule has 1 rings (SSSR count). The molecule has 17 heavy (non-hydrogen) atoms. The summed E-state index contributed by atoms with van der Waals surface area (Å²) >= 11 is 0. The number of ketones is 1. The van der Waals surface area contributed by atoms with Crippen LogP contribution in [0, 0.1) is 11.8 Å². The molecule has 0 aliphatic heterocycles. The van der Waals surface area contributed by atoms with Gasteiger partial charge in [-0.15, -0.1) is 0 Å². The highest BCUT2D eigenvalue weighted by molar-refractivity contribution is 5.81. The van der Waals surface area contributed by atoms with Gasteiger partial charge in [0.05, 0.1) is 0 Å². The predicted octanol–water partition coefficient (Wildman–Crippen LogP) is 3.19. The van der Waals surface area contributed by atoms with Crippen LogP contribution in [0.4, 0.5) is 0 Å². The number of Topliss-reactive ketones (excluding diaryl/α,β-unsaturated/α-hetero) is 1. The Balaban J connectivity index is 2.36. The number of carbonyl (C=O) groups is 2. The second-order valence-corrected chi connectivity index (χ2v) is 4.87. The molecule has 3 nitrogen and oxygen atoms in total. The fourth-order valence-corrected chi connectivity index (χ4v) is 2.57. The van der Waals surface area contributed by atoms with Crippen LogP contribution in [0.1, 0.15) is 51.9 Å². The van der Waals surface area contributed by atoms with E-state index in [1.54, 1.807) is 0 Å². The minimum absolute atomic E-state index is 0.224. The zero-order chi connectivity index (χ0) is 12.7. The first-order valence-electron chi connectivity index (χ1n) is 6.52. The van der Waals surface area contributed by atoms with Crippen LogP contribution in [0.15, 0.2) is 12.2 Å². The number of hydrogen-bond acceptors (Lipinski definition) is 2. The third-order valence-corrected chi connectivity index (χ3v) is 3.45. The maximum absolute atomic E-state index is 11.5. The van der Waals surface area contributed by atoms with Gasteiger partial charge in [-0.3, -0.25) is 9.59 Å². The van der Waals surface area contributed by atoms with Gasteiger partial charge in [0.1, 0.15) is 5.78 Å². The van der Waals surface area contributed by atoms with Crippen molar-refractivity contribution in [3.05, 3.63) is 12.2 Å². The van der Waals surface area contributed by atoms with Crippen molar-refractivity contribution in [3.63, 3.8) is 0 Å². The minimum Gasteiger partial charge on any atom is -0.481 e. The number of carbonyl (C=O) groups excluding carboxylic acids is 1. The molecule has 2 atom stereocenters. The summed E-state index contributed by atoms with van der Waals surface area (Å²) in [6.45, 7) is 2.10. The van der Waals surface area contributed by atoms with E-state index in [-0.39, 0.29) is 6.42 Å². The highest BCUT2D eigenvalue weighted by Gasteiger charge is 2.31. The number of aliphatic carboxylic acids is 1. The van der Waals surface area contributed by atoms with Crippen molar-refractivity contribution in [2.45, 2.75) is 51.9 Å². The summed E-state index contributed by atoms with van der Waals surface area (Å²) in [4.78, 5) is 21.9. The smallest absolute Gasteiger partial charge is 0.303 e. The monoisotopic (exact) mass is 238 g/mol. The van der Waals surface area contributed by atoms with Gasteiger partial charge < -0.3 is 5.11 Å². The molecule has 0 aromatic rings. The van der Waals surface area contributed by atoms with Crippen LogP contribution in [0.25, 0.3) is 0 Å². The summed E-state index contributed by atoms with van der Waals surface area (Å²) in [7, 11) is 0. The molecule has 0 aromatic heterocycles. The third kappa shape index (κ3) is 5.16. The summed E-state index contributed by atoms with van der Waals surface area (Å²) < 4.78 is 0. The summed E-state index contributed by atoms with van der Waals surface area (Å²) in [5.74, 6) is 0.458. The maximum Gasteiger partial charge on any atom is 0.303 e. The SMILES string of the molecule is CC/C=C\CC1CC(=O)CC1CCCC(=O)O. The molecule has 0 bridgehead atoms. The summed E-state index contributed by atoms with van der Waals surface area (Å²) in [6.07, 6.45) is 9.44. The van der Waals surface area contributed by atoms with E-state index in [1.165, 1.54) is 0 Å². The minimum atomic E-state index is -0.739. The average molecular weight is 238 g/mol. The molecular formula is C14H22O3. The van der Waals surface area contributed by atoms with E-state index in [0.717, 1.165) is 19.3 Å². The van der Waals surface area contributed by atoms with Crippen LogP contribution >= 0.6 is 0 Å². The molecular weight excluding hydrogens is 216 g/mol. The Labute approximate surface area is 103 Å². The number of hydrogen-bond donors (Lipinski definition) is 1. The molecule has 96 valence electrons. The van der Waals surface area contributed by atoms with Crippen molar-refractivity contribution in [2.24, 2.45) is 11.8 Å². The van der Waals surface area contributed by atoms with Gasteiger partial charge in [-0.25, -0.2) is 0 Å².